The van der Waals surface area contributed by atoms with Crippen molar-refractivity contribution in [3.8, 4) is 0 Å². The number of carboxylic acid groups (broad SMARTS) is 1. The van der Waals surface area contributed by atoms with E-state index in [2.05, 4.69) is 0 Å². The van der Waals surface area contributed by atoms with Crippen LogP contribution >= 0.6 is 0 Å². The van der Waals surface area contributed by atoms with E-state index in [9.17, 15) is 18.0 Å². The fraction of sp³-hybridized carbons (Fsp3) is 0.273. The molecule has 0 bridgehead atoms. The van der Waals surface area contributed by atoms with Crippen molar-refractivity contribution >= 4 is 21.9 Å². The monoisotopic (exact) mass is 286 g/mol. The van der Waals surface area contributed by atoms with Crippen molar-refractivity contribution in [3.63, 3.8) is 0 Å². The lowest BCUT2D eigenvalue weighted by atomic mass is 10.2. The Morgan fingerprint density at radius 2 is 2.00 bits per heavy atom. The average molecular weight is 286 g/mol. The number of carbonyl (C=O) groups excluding carboxylic acids is 1. The van der Waals surface area contributed by atoms with Crippen molar-refractivity contribution in [1.29, 1.82) is 0 Å². The number of carboxylic acids is 1. The topological polar surface area (TPSA) is 118 Å². The molecular weight excluding hydrogens is 272 g/mol. The zero-order valence-electron chi connectivity index (χ0n) is 10.2. The summed E-state index contributed by atoms with van der Waals surface area (Å²) >= 11 is 0. The Balaban J connectivity index is 3.02. The molecule has 0 aliphatic rings. The predicted molar refractivity (Wildman–Crippen MR) is 67.0 cm³/mol. The molecule has 0 fully saturated rings. The lowest BCUT2D eigenvalue weighted by Crippen LogP contribution is -2.29. The number of nitrogens with two attached hydrogens (primary N) is 1. The van der Waals surface area contributed by atoms with Gasteiger partial charge in [-0.15, -0.1) is 0 Å². The third kappa shape index (κ3) is 3.76. The van der Waals surface area contributed by atoms with E-state index < -0.39 is 21.9 Å². The Morgan fingerprint density at radius 3 is 2.53 bits per heavy atom. The van der Waals surface area contributed by atoms with Crippen LogP contribution in [-0.4, -0.2) is 43.3 Å². The molecule has 104 valence electrons. The lowest BCUT2D eigenvalue weighted by Gasteiger charge is -2.16. The van der Waals surface area contributed by atoms with Gasteiger partial charge < -0.3 is 10.8 Å². The highest BCUT2D eigenvalue weighted by atomic mass is 32.2. The molecule has 0 spiro atoms. The van der Waals surface area contributed by atoms with Gasteiger partial charge in [0.05, 0.1) is 11.3 Å². The Kier molecular flexibility index (Phi) is 4.62. The maximum absolute atomic E-state index is 12.1. The molecule has 0 aliphatic carbocycles. The lowest BCUT2D eigenvalue weighted by molar-refractivity contribution is -0.137. The molecule has 0 saturated carbocycles. The smallest absolute Gasteiger partial charge is 0.304 e. The third-order valence-electron chi connectivity index (χ3n) is 2.47. The first kappa shape index (κ1) is 15.1. The zero-order chi connectivity index (χ0) is 14.6. The molecule has 7 nitrogen and oxygen atoms in total. The van der Waals surface area contributed by atoms with Gasteiger partial charge in [0.15, 0.2) is 0 Å². The minimum absolute atomic E-state index is 0.0766. The highest BCUT2D eigenvalue weighted by Gasteiger charge is 2.21. The van der Waals surface area contributed by atoms with Gasteiger partial charge >= 0.3 is 5.97 Å². The highest BCUT2D eigenvalue weighted by Crippen LogP contribution is 2.16. The number of rotatable bonds is 6. The second-order valence-corrected chi connectivity index (χ2v) is 5.91. The van der Waals surface area contributed by atoms with Gasteiger partial charge in [-0.1, -0.05) is 6.07 Å². The summed E-state index contributed by atoms with van der Waals surface area (Å²) in [4.78, 5) is 21.3. The number of carbonyl (C=O) groups is 2. The molecular formula is C11H14N2O5S. The van der Waals surface area contributed by atoms with Crippen LogP contribution < -0.4 is 5.73 Å². The molecule has 0 atom stereocenters. The van der Waals surface area contributed by atoms with Gasteiger partial charge in [-0.3, -0.25) is 9.59 Å². The summed E-state index contributed by atoms with van der Waals surface area (Å²) in [5, 5.41) is 8.53. The number of sulfonamides is 1. The summed E-state index contributed by atoms with van der Waals surface area (Å²) in [6.45, 7) is -0.154. The van der Waals surface area contributed by atoms with Gasteiger partial charge in [-0.05, 0) is 18.2 Å². The second-order valence-electron chi connectivity index (χ2n) is 3.86. The highest BCUT2D eigenvalue weighted by molar-refractivity contribution is 7.89. The van der Waals surface area contributed by atoms with Crippen molar-refractivity contribution in [2.24, 2.45) is 5.73 Å². The van der Waals surface area contributed by atoms with Crippen LogP contribution in [0.4, 0.5) is 0 Å². The van der Waals surface area contributed by atoms with E-state index in [4.69, 9.17) is 10.8 Å². The molecule has 0 heterocycles. The summed E-state index contributed by atoms with van der Waals surface area (Å²) in [5.74, 6) is -1.82. The van der Waals surface area contributed by atoms with Gasteiger partial charge in [0.2, 0.25) is 15.9 Å². The first-order valence-corrected chi connectivity index (χ1v) is 6.77. The molecule has 0 radical (unpaired) electrons. The average Bonchev–Trinajstić information content (AvgIpc) is 2.35. The van der Waals surface area contributed by atoms with Crippen LogP contribution in [0.1, 0.15) is 16.8 Å². The number of aliphatic carboxylic acids is 1. The summed E-state index contributed by atoms with van der Waals surface area (Å²) in [6.07, 6.45) is -0.300. The van der Waals surface area contributed by atoms with E-state index in [1.165, 1.54) is 25.2 Å². The van der Waals surface area contributed by atoms with Gasteiger partial charge in [0, 0.05) is 19.2 Å². The second kappa shape index (κ2) is 5.81. The molecule has 1 aromatic carbocycles. The molecule has 0 unspecified atom stereocenters. The van der Waals surface area contributed by atoms with Crippen molar-refractivity contribution < 1.29 is 23.1 Å². The Labute approximate surface area is 110 Å². The molecule has 1 aromatic rings. The number of nitrogens with zero attached hydrogens (tertiary/aromatic N) is 1. The first-order valence-electron chi connectivity index (χ1n) is 5.33. The summed E-state index contributed by atoms with van der Waals surface area (Å²) in [7, 11) is -2.56. The fourth-order valence-electron chi connectivity index (χ4n) is 1.36. The minimum Gasteiger partial charge on any atom is -0.481 e. The van der Waals surface area contributed by atoms with Crippen LogP contribution in [0.3, 0.4) is 0 Å². The largest absolute Gasteiger partial charge is 0.481 e. The number of hydrogen-bond acceptors (Lipinski definition) is 4. The fourth-order valence-corrected chi connectivity index (χ4v) is 2.58. The number of primary amides is 1. The van der Waals surface area contributed by atoms with Crippen LogP contribution in [0, 0.1) is 0 Å². The zero-order valence-corrected chi connectivity index (χ0v) is 11.1. The maximum atomic E-state index is 12.1. The van der Waals surface area contributed by atoms with Crippen molar-refractivity contribution in [3.05, 3.63) is 29.8 Å². The molecule has 1 rings (SSSR count). The molecule has 0 aliphatic heterocycles. The van der Waals surface area contributed by atoms with E-state index in [-0.39, 0.29) is 23.4 Å². The van der Waals surface area contributed by atoms with E-state index in [0.717, 1.165) is 10.4 Å². The molecule has 3 N–H and O–H groups in total. The predicted octanol–water partition coefficient (Wildman–Crippen LogP) is -0.119. The molecule has 0 aromatic heterocycles. The SMILES string of the molecule is CN(CCC(=O)O)S(=O)(=O)c1cccc(C(N)=O)c1. The summed E-state index contributed by atoms with van der Waals surface area (Å²) in [6, 6.07) is 5.28. The first-order chi connectivity index (χ1) is 8.75. The van der Waals surface area contributed by atoms with E-state index in [1.807, 2.05) is 0 Å². The Bertz CT molecular complexity index is 597. The number of hydrogen-bond donors (Lipinski definition) is 2. The van der Waals surface area contributed by atoms with E-state index in [0.29, 0.717) is 0 Å². The number of benzene rings is 1. The normalized spacial score (nSPS) is 11.5. The van der Waals surface area contributed by atoms with Gasteiger partial charge in [0.1, 0.15) is 0 Å². The standard InChI is InChI=1S/C11H14N2O5S/c1-13(6-5-10(14)15)19(17,18)9-4-2-3-8(7-9)11(12)16/h2-4,7H,5-6H2,1H3,(H2,12,16)(H,14,15). The Morgan fingerprint density at radius 1 is 1.37 bits per heavy atom. The van der Waals surface area contributed by atoms with Crippen LogP contribution in [0.25, 0.3) is 0 Å². The summed E-state index contributed by atoms with van der Waals surface area (Å²) in [5.41, 5.74) is 5.15. The molecule has 0 saturated heterocycles. The van der Waals surface area contributed by atoms with Crippen LogP contribution in [0.15, 0.2) is 29.2 Å². The van der Waals surface area contributed by atoms with Gasteiger partial charge in [-0.25, -0.2) is 12.7 Å². The third-order valence-corrected chi connectivity index (χ3v) is 4.32. The Hall–Kier alpha value is -1.93. The van der Waals surface area contributed by atoms with E-state index in [1.54, 1.807) is 0 Å². The van der Waals surface area contributed by atoms with Crippen molar-refractivity contribution in [2.45, 2.75) is 11.3 Å². The molecule has 1 amide bonds. The minimum atomic E-state index is -3.83. The van der Waals surface area contributed by atoms with Gasteiger partial charge in [-0.2, -0.15) is 0 Å². The van der Waals surface area contributed by atoms with Crippen molar-refractivity contribution in [1.82, 2.24) is 4.31 Å². The van der Waals surface area contributed by atoms with Gasteiger partial charge in [0.25, 0.3) is 0 Å². The van der Waals surface area contributed by atoms with Crippen LogP contribution in [0.2, 0.25) is 0 Å². The van der Waals surface area contributed by atoms with Crippen molar-refractivity contribution in [2.75, 3.05) is 13.6 Å². The van der Waals surface area contributed by atoms with Crippen LogP contribution in [0.5, 0.6) is 0 Å². The molecule has 8 heteroatoms. The summed E-state index contributed by atoms with van der Waals surface area (Å²) < 4.78 is 25.1. The number of amides is 1. The maximum Gasteiger partial charge on any atom is 0.304 e. The quantitative estimate of drug-likeness (QED) is 0.756. The van der Waals surface area contributed by atoms with Crippen LogP contribution in [-0.2, 0) is 14.8 Å². The molecule has 19 heavy (non-hydrogen) atoms. The van der Waals surface area contributed by atoms with E-state index >= 15 is 0 Å².